The maximum absolute atomic E-state index is 13.0. The zero-order valence-corrected chi connectivity index (χ0v) is 11.5. The van der Waals surface area contributed by atoms with E-state index < -0.39 is 0 Å². The Morgan fingerprint density at radius 2 is 1.79 bits per heavy atom. The van der Waals surface area contributed by atoms with Gasteiger partial charge in [-0.3, -0.25) is 4.79 Å². The van der Waals surface area contributed by atoms with Crippen molar-refractivity contribution in [1.82, 2.24) is 10.2 Å². The predicted octanol–water partition coefficient (Wildman–Crippen LogP) is 2.00. The quantitative estimate of drug-likeness (QED) is 0.905. The Kier molecular flexibility index (Phi) is 4.53. The van der Waals surface area contributed by atoms with Gasteiger partial charge in [-0.15, -0.1) is 0 Å². The third-order valence-corrected chi connectivity index (χ3v) is 3.59. The molecule has 0 spiro atoms. The van der Waals surface area contributed by atoms with E-state index in [2.05, 4.69) is 5.32 Å². The highest BCUT2D eigenvalue weighted by Gasteiger charge is 2.29. The van der Waals surface area contributed by atoms with Crippen LogP contribution in [-0.2, 0) is 4.79 Å². The van der Waals surface area contributed by atoms with Gasteiger partial charge in [0.1, 0.15) is 5.82 Å². The lowest BCUT2D eigenvalue weighted by molar-refractivity contribution is -0.134. The van der Waals surface area contributed by atoms with E-state index in [1.165, 1.54) is 12.1 Å². The minimum Gasteiger partial charge on any atom is -0.340 e. The van der Waals surface area contributed by atoms with Crippen molar-refractivity contribution in [3.8, 4) is 0 Å². The minimum atomic E-state index is -0.263. The maximum Gasteiger partial charge on any atom is 0.230 e. The summed E-state index contributed by atoms with van der Waals surface area (Å²) in [6, 6.07) is 6.30. The van der Waals surface area contributed by atoms with Crippen LogP contribution in [0.5, 0.6) is 0 Å². The van der Waals surface area contributed by atoms with Gasteiger partial charge in [-0.2, -0.15) is 0 Å². The monoisotopic (exact) mass is 264 g/mol. The Morgan fingerprint density at radius 1 is 1.21 bits per heavy atom. The molecular weight excluding hydrogens is 243 g/mol. The zero-order chi connectivity index (χ0) is 13.8. The third kappa shape index (κ3) is 3.32. The predicted molar refractivity (Wildman–Crippen MR) is 73.4 cm³/mol. The van der Waals surface area contributed by atoms with E-state index >= 15 is 0 Å². The Labute approximate surface area is 113 Å². The van der Waals surface area contributed by atoms with E-state index in [9.17, 15) is 9.18 Å². The highest BCUT2D eigenvalue weighted by atomic mass is 19.1. The lowest BCUT2D eigenvalue weighted by Crippen LogP contribution is -2.48. The second-order valence-corrected chi connectivity index (χ2v) is 5.35. The van der Waals surface area contributed by atoms with Crippen LogP contribution >= 0.6 is 0 Å². The van der Waals surface area contributed by atoms with E-state index in [0.29, 0.717) is 0 Å². The average molecular weight is 264 g/mol. The summed E-state index contributed by atoms with van der Waals surface area (Å²) >= 11 is 0. The molecule has 3 nitrogen and oxygen atoms in total. The molecule has 1 aromatic carbocycles. The topological polar surface area (TPSA) is 32.3 Å². The first-order valence-electron chi connectivity index (χ1n) is 6.84. The van der Waals surface area contributed by atoms with Crippen LogP contribution in [0.25, 0.3) is 0 Å². The third-order valence-electron chi connectivity index (χ3n) is 3.59. The molecule has 1 aromatic rings. The van der Waals surface area contributed by atoms with Crippen LogP contribution in [-0.4, -0.2) is 37.0 Å². The minimum absolute atomic E-state index is 0.156. The number of halogens is 1. The molecule has 1 heterocycles. The highest BCUT2D eigenvalue weighted by molar-refractivity contribution is 5.84. The molecule has 0 radical (unpaired) electrons. The van der Waals surface area contributed by atoms with Gasteiger partial charge in [-0.1, -0.05) is 26.0 Å². The molecule has 19 heavy (non-hydrogen) atoms. The smallest absolute Gasteiger partial charge is 0.230 e. The normalized spacial score (nSPS) is 17.6. The van der Waals surface area contributed by atoms with Crippen LogP contribution in [0, 0.1) is 11.7 Å². The maximum atomic E-state index is 13.0. The number of nitrogens with zero attached hydrogens (tertiary/aromatic N) is 1. The van der Waals surface area contributed by atoms with Crippen LogP contribution in [0.1, 0.15) is 25.3 Å². The Morgan fingerprint density at radius 3 is 2.32 bits per heavy atom. The van der Waals surface area contributed by atoms with Crippen molar-refractivity contribution in [2.75, 3.05) is 26.2 Å². The average Bonchev–Trinajstić information content (AvgIpc) is 2.42. The van der Waals surface area contributed by atoms with E-state index in [1.807, 2.05) is 18.7 Å². The van der Waals surface area contributed by atoms with Crippen molar-refractivity contribution >= 4 is 5.91 Å². The number of amides is 1. The number of nitrogens with one attached hydrogen (secondary N) is 1. The molecule has 1 amide bonds. The van der Waals surface area contributed by atoms with E-state index in [1.54, 1.807) is 12.1 Å². The molecule has 2 rings (SSSR count). The summed E-state index contributed by atoms with van der Waals surface area (Å²) in [4.78, 5) is 14.5. The lowest BCUT2D eigenvalue weighted by Gasteiger charge is -2.32. The van der Waals surface area contributed by atoms with Gasteiger partial charge in [-0.05, 0) is 23.6 Å². The molecule has 1 atom stereocenters. The molecule has 1 aliphatic heterocycles. The van der Waals surface area contributed by atoms with Gasteiger partial charge < -0.3 is 10.2 Å². The molecule has 0 aromatic heterocycles. The largest absolute Gasteiger partial charge is 0.340 e. The molecule has 0 bridgehead atoms. The molecule has 104 valence electrons. The van der Waals surface area contributed by atoms with Crippen molar-refractivity contribution in [3.63, 3.8) is 0 Å². The van der Waals surface area contributed by atoms with Crippen molar-refractivity contribution in [2.24, 2.45) is 5.92 Å². The molecule has 1 N–H and O–H groups in total. The highest BCUT2D eigenvalue weighted by Crippen LogP contribution is 2.27. The van der Waals surface area contributed by atoms with Gasteiger partial charge in [0, 0.05) is 26.2 Å². The van der Waals surface area contributed by atoms with Gasteiger partial charge >= 0.3 is 0 Å². The van der Waals surface area contributed by atoms with Crippen molar-refractivity contribution < 1.29 is 9.18 Å². The van der Waals surface area contributed by atoms with Crippen LogP contribution in [0.3, 0.4) is 0 Å². The van der Waals surface area contributed by atoms with Crippen molar-refractivity contribution in [3.05, 3.63) is 35.6 Å². The number of piperazine rings is 1. The summed E-state index contributed by atoms with van der Waals surface area (Å²) in [5, 5.41) is 3.24. The standard InChI is InChI=1S/C15H21FN2O/c1-11(2)14(12-3-5-13(16)6-4-12)15(19)18-9-7-17-8-10-18/h3-6,11,14,17H,7-10H2,1-2H3. The Balaban J connectivity index is 2.19. The van der Waals surface area contributed by atoms with Gasteiger partial charge in [0.25, 0.3) is 0 Å². The van der Waals surface area contributed by atoms with Gasteiger partial charge in [0.05, 0.1) is 5.92 Å². The lowest BCUT2D eigenvalue weighted by atomic mass is 9.87. The van der Waals surface area contributed by atoms with Crippen molar-refractivity contribution in [1.29, 1.82) is 0 Å². The molecule has 1 aliphatic rings. The van der Waals surface area contributed by atoms with Crippen LogP contribution < -0.4 is 5.32 Å². The molecule has 0 aliphatic carbocycles. The fourth-order valence-electron chi connectivity index (χ4n) is 2.56. The molecule has 0 saturated carbocycles. The van der Waals surface area contributed by atoms with Gasteiger partial charge in [0.2, 0.25) is 5.91 Å². The van der Waals surface area contributed by atoms with E-state index in [-0.39, 0.29) is 23.6 Å². The van der Waals surface area contributed by atoms with Crippen LogP contribution in [0.2, 0.25) is 0 Å². The first-order valence-corrected chi connectivity index (χ1v) is 6.84. The van der Waals surface area contributed by atoms with Crippen LogP contribution in [0.4, 0.5) is 4.39 Å². The van der Waals surface area contributed by atoms with Crippen molar-refractivity contribution in [2.45, 2.75) is 19.8 Å². The molecule has 1 saturated heterocycles. The fourth-order valence-corrected chi connectivity index (χ4v) is 2.56. The Bertz CT molecular complexity index is 424. The molecule has 1 fully saturated rings. The van der Waals surface area contributed by atoms with Gasteiger partial charge in [-0.25, -0.2) is 4.39 Å². The molecule has 1 unspecified atom stereocenters. The summed E-state index contributed by atoms with van der Waals surface area (Å²) in [5.74, 6) is -0.0875. The zero-order valence-electron chi connectivity index (χ0n) is 11.5. The Hall–Kier alpha value is -1.42. The SMILES string of the molecule is CC(C)C(C(=O)N1CCNCC1)c1ccc(F)cc1. The summed E-state index contributed by atoms with van der Waals surface area (Å²) in [6.07, 6.45) is 0. The number of carbonyl (C=O) groups excluding carboxylic acids is 1. The molecular formula is C15H21FN2O. The number of hydrogen-bond donors (Lipinski definition) is 1. The van der Waals surface area contributed by atoms with E-state index in [4.69, 9.17) is 0 Å². The second-order valence-electron chi connectivity index (χ2n) is 5.35. The second kappa shape index (κ2) is 6.15. The number of benzene rings is 1. The number of carbonyl (C=O) groups is 1. The summed E-state index contributed by atoms with van der Waals surface area (Å²) in [7, 11) is 0. The van der Waals surface area contributed by atoms with Gasteiger partial charge in [0.15, 0.2) is 0 Å². The summed E-state index contributed by atoms with van der Waals surface area (Å²) in [6.45, 7) is 7.27. The van der Waals surface area contributed by atoms with Crippen LogP contribution in [0.15, 0.2) is 24.3 Å². The van der Waals surface area contributed by atoms with E-state index in [0.717, 1.165) is 31.7 Å². The number of hydrogen-bond acceptors (Lipinski definition) is 2. The number of rotatable bonds is 3. The first kappa shape index (κ1) is 14.0. The summed E-state index contributed by atoms with van der Waals surface area (Å²) < 4.78 is 13.0. The fraction of sp³-hybridized carbons (Fsp3) is 0.533. The first-order chi connectivity index (χ1) is 9.09. The molecule has 4 heteroatoms. The summed E-state index contributed by atoms with van der Waals surface area (Å²) in [5.41, 5.74) is 0.903.